The highest BCUT2D eigenvalue weighted by atomic mass is 16.5. The molecule has 0 bridgehead atoms. The average Bonchev–Trinajstić information content (AvgIpc) is 2.62. The lowest BCUT2D eigenvalue weighted by atomic mass is 9.76. The van der Waals surface area contributed by atoms with Gasteiger partial charge in [-0.3, -0.25) is 4.79 Å². The highest BCUT2D eigenvalue weighted by Crippen LogP contribution is 2.42. The quantitative estimate of drug-likeness (QED) is 0.622. The van der Waals surface area contributed by atoms with Crippen molar-refractivity contribution in [2.75, 3.05) is 13.7 Å². The highest BCUT2D eigenvalue weighted by Gasteiger charge is 2.34. The van der Waals surface area contributed by atoms with Gasteiger partial charge in [-0.2, -0.15) is 0 Å². The van der Waals surface area contributed by atoms with E-state index in [1.807, 2.05) is 55.5 Å². The van der Waals surface area contributed by atoms with E-state index in [1.165, 1.54) is 0 Å². The lowest BCUT2D eigenvalue weighted by molar-refractivity contribution is -0.145. The first kappa shape index (κ1) is 19.0. The number of esters is 1. The number of para-hydroxylation sites is 1. The van der Waals surface area contributed by atoms with Gasteiger partial charge in [-0.05, 0) is 36.5 Å². The van der Waals surface area contributed by atoms with Crippen molar-refractivity contribution >= 4 is 5.97 Å². The van der Waals surface area contributed by atoms with E-state index in [2.05, 4.69) is 19.9 Å². The van der Waals surface area contributed by atoms with E-state index in [1.54, 1.807) is 7.11 Å². The summed E-state index contributed by atoms with van der Waals surface area (Å²) in [5, 5.41) is 0. The van der Waals surface area contributed by atoms with Crippen molar-refractivity contribution in [2.45, 2.75) is 39.0 Å². The van der Waals surface area contributed by atoms with Crippen molar-refractivity contribution in [3.8, 4) is 5.75 Å². The normalized spacial score (nSPS) is 13.3. The Balaban J connectivity index is 2.55. The Labute approximate surface area is 151 Å². The minimum Gasteiger partial charge on any atom is -0.496 e. The van der Waals surface area contributed by atoms with E-state index in [0.29, 0.717) is 12.5 Å². The van der Waals surface area contributed by atoms with Gasteiger partial charge in [0.25, 0.3) is 0 Å². The molecule has 0 heterocycles. The van der Waals surface area contributed by atoms with E-state index >= 15 is 0 Å². The number of benzene rings is 2. The Morgan fingerprint density at radius 1 is 1.00 bits per heavy atom. The minimum absolute atomic E-state index is 0.00222. The van der Waals surface area contributed by atoms with E-state index in [9.17, 15) is 4.79 Å². The molecule has 0 saturated heterocycles. The van der Waals surface area contributed by atoms with Crippen molar-refractivity contribution < 1.29 is 14.3 Å². The Kier molecular flexibility index (Phi) is 7.05. The first-order valence-electron chi connectivity index (χ1n) is 8.92. The monoisotopic (exact) mass is 340 g/mol. The van der Waals surface area contributed by atoms with E-state index < -0.39 is 0 Å². The van der Waals surface area contributed by atoms with Crippen LogP contribution in [0.5, 0.6) is 5.75 Å². The molecule has 2 aromatic carbocycles. The summed E-state index contributed by atoms with van der Waals surface area (Å²) in [5.41, 5.74) is 2.04. The second kappa shape index (κ2) is 9.26. The molecule has 0 saturated carbocycles. The Morgan fingerprint density at radius 3 is 2.24 bits per heavy atom. The number of rotatable bonds is 8. The molecule has 0 fully saturated rings. The van der Waals surface area contributed by atoms with Gasteiger partial charge in [0.05, 0.1) is 19.6 Å². The molecular formula is C22H28O3. The minimum atomic E-state index is -0.347. The molecule has 3 heteroatoms. The second-order valence-electron chi connectivity index (χ2n) is 6.62. The molecule has 0 aliphatic rings. The van der Waals surface area contributed by atoms with Gasteiger partial charge < -0.3 is 9.47 Å². The van der Waals surface area contributed by atoms with Crippen LogP contribution < -0.4 is 4.74 Å². The van der Waals surface area contributed by atoms with Crippen molar-refractivity contribution in [1.82, 2.24) is 0 Å². The molecule has 0 spiro atoms. The largest absolute Gasteiger partial charge is 0.496 e. The maximum Gasteiger partial charge on any atom is 0.314 e. The van der Waals surface area contributed by atoms with Crippen molar-refractivity contribution in [3.05, 3.63) is 65.7 Å². The van der Waals surface area contributed by atoms with Gasteiger partial charge in [-0.1, -0.05) is 62.4 Å². The molecule has 0 radical (unpaired) electrons. The summed E-state index contributed by atoms with van der Waals surface area (Å²) in [6.45, 7) is 6.58. The van der Waals surface area contributed by atoms with Crippen LogP contribution in [0.15, 0.2) is 54.6 Å². The average molecular weight is 340 g/mol. The van der Waals surface area contributed by atoms with Gasteiger partial charge in [0, 0.05) is 5.92 Å². The van der Waals surface area contributed by atoms with Crippen LogP contribution >= 0.6 is 0 Å². The number of carbonyl (C=O) groups excluding carboxylic acids is 1. The summed E-state index contributed by atoms with van der Waals surface area (Å²) in [6.07, 6.45) is 0.874. The predicted molar refractivity (Wildman–Crippen MR) is 101 cm³/mol. The Morgan fingerprint density at radius 2 is 1.64 bits per heavy atom. The van der Waals surface area contributed by atoms with Crippen LogP contribution in [-0.4, -0.2) is 19.7 Å². The number of hydrogen-bond acceptors (Lipinski definition) is 3. The fourth-order valence-electron chi connectivity index (χ4n) is 3.35. The zero-order chi connectivity index (χ0) is 18.2. The summed E-state index contributed by atoms with van der Waals surface area (Å²) >= 11 is 0. The fourth-order valence-corrected chi connectivity index (χ4v) is 3.35. The summed E-state index contributed by atoms with van der Waals surface area (Å²) in [5.74, 6) is 0.733. The lowest BCUT2D eigenvalue weighted by Gasteiger charge is -2.29. The van der Waals surface area contributed by atoms with Gasteiger partial charge >= 0.3 is 5.97 Å². The van der Waals surface area contributed by atoms with Crippen LogP contribution in [-0.2, 0) is 9.53 Å². The van der Waals surface area contributed by atoms with E-state index in [-0.39, 0.29) is 17.8 Å². The van der Waals surface area contributed by atoms with Crippen molar-refractivity contribution in [3.63, 3.8) is 0 Å². The SMILES string of the molecule is CCOC(=O)C(c1ccccc1)C(CC(C)C)c1ccccc1OC. The highest BCUT2D eigenvalue weighted by molar-refractivity contribution is 5.80. The van der Waals surface area contributed by atoms with Crippen LogP contribution in [0.2, 0.25) is 0 Å². The standard InChI is InChI=1S/C22H28O3/c1-5-25-22(23)21(17-11-7-6-8-12-17)19(15-16(2)3)18-13-9-10-14-20(18)24-4/h6-14,16,19,21H,5,15H2,1-4H3. The number of carbonyl (C=O) groups is 1. The van der Waals surface area contributed by atoms with Crippen LogP contribution in [0.4, 0.5) is 0 Å². The molecule has 0 aromatic heterocycles. The van der Waals surface area contributed by atoms with Gasteiger partial charge in [0.2, 0.25) is 0 Å². The third-order valence-electron chi connectivity index (χ3n) is 4.37. The molecule has 2 unspecified atom stereocenters. The second-order valence-corrected chi connectivity index (χ2v) is 6.62. The fraction of sp³-hybridized carbons (Fsp3) is 0.409. The molecule has 2 rings (SSSR count). The third kappa shape index (κ3) is 4.85. The van der Waals surface area contributed by atoms with Gasteiger partial charge in [0.1, 0.15) is 5.75 Å². The smallest absolute Gasteiger partial charge is 0.314 e. The van der Waals surface area contributed by atoms with Crippen molar-refractivity contribution in [1.29, 1.82) is 0 Å². The molecular weight excluding hydrogens is 312 g/mol. The maximum atomic E-state index is 12.9. The zero-order valence-corrected chi connectivity index (χ0v) is 15.6. The molecule has 0 N–H and O–H groups in total. The lowest BCUT2D eigenvalue weighted by Crippen LogP contribution is -2.24. The van der Waals surface area contributed by atoms with Gasteiger partial charge in [0.15, 0.2) is 0 Å². The molecule has 0 aliphatic heterocycles. The van der Waals surface area contributed by atoms with Crippen LogP contribution in [0, 0.1) is 5.92 Å². The first-order chi connectivity index (χ1) is 12.1. The summed E-state index contributed by atoms with van der Waals surface area (Å²) in [7, 11) is 1.67. The van der Waals surface area contributed by atoms with Crippen molar-refractivity contribution in [2.24, 2.45) is 5.92 Å². The Hall–Kier alpha value is -2.29. The van der Waals surface area contributed by atoms with Crippen LogP contribution in [0.25, 0.3) is 0 Å². The summed E-state index contributed by atoms with van der Waals surface area (Å²) < 4.78 is 11.0. The van der Waals surface area contributed by atoms with E-state index in [4.69, 9.17) is 9.47 Å². The molecule has 2 aromatic rings. The molecule has 134 valence electrons. The molecule has 25 heavy (non-hydrogen) atoms. The predicted octanol–water partition coefficient (Wildman–Crippen LogP) is 5.17. The number of hydrogen-bond donors (Lipinski definition) is 0. The molecule has 0 aliphatic carbocycles. The van der Waals surface area contributed by atoms with Crippen LogP contribution in [0.3, 0.4) is 0 Å². The third-order valence-corrected chi connectivity index (χ3v) is 4.37. The molecule has 2 atom stereocenters. The maximum absolute atomic E-state index is 12.9. The first-order valence-corrected chi connectivity index (χ1v) is 8.92. The molecule has 0 amide bonds. The number of methoxy groups -OCH3 is 1. The summed E-state index contributed by atoms with van der Waals surface area (Å²) in [4.78, 5) is 12.9. The Bertz CT molecular complexity index is 664. The van der Waals surface area contributed by atoms with Crippen LogP contribution in [0.1, 0.15) is 50.2 Å². The molecule has 3 nitrogen and oxygen atoms in total. The topological polar surface area (TPSA) is 35.5 Å². The summed E-state index contributed by atoms with van der Waals surface area (Å²) in [6, 6.07) is 17.9. The van der Waals surface area contributed by atoms with Gasteiger partial charge in [-0.15, -0.1) is 0 Å². The van der Waals surface area contributed by atoms with Gasteiger partial charge in [-0.25, -0.2) is 0 Å². The zero-order valence-electron chi connectivity index (χ0n) is 15.6. The van der Waals surface area contributed by atoms with E-state index in [0.717, 1.165) is 23.3 Å². The number of ether oxygens (including phenoxy) is 2.